The van der Waals surface area contributed by atoms with Gasteiger partial charge in [-0.2, -0.15) is 5.10 Å². The Morgan fingerprint density at radius 3 is 2.89 bits per heavy atom. The molecular formula is C16H16N4O6S2. The third kappa shape index (κ3) is 3.69. The molecule has 0 N–H and O–H groups in total. The van der Waals surface area contributed by atoms with E-state index in [0.717, 1.165) is 5.01 Å². The number of hydrazone groups is 1. The predicted molar refractivity (Wildman–Crippen MR) is 99.7 cm³/mol. The molecule has 1 amide bonds. The fourth-order valence-electron chi connectivity index (χ4n) is 3.16. The van der Waals surface area contributed by atoms with Crippen LogP contribution in [0.3, 0.4) is 0 Å². The molecule has 4 rings (SSSR count). The maximum Gasteiger partial charge on any atom is 0.354 e. The van der Waals surface area contributed by atoms with E-state index in [-0.39, 0.29) is 48.1 Å². The number of rotatable bonds is 4. The second-order valence-corrected chi connectivity index (χ2v) is 9.66. The normalized spacial score (nSPS) is 21.7. The summed E-state index contributed by atoms with van der Waals surface area (Å²) in [6.07, 6.45) is 2.09. The van der Waals surface area contributed by atoms with Crippen LogP contribution in [-0.2, 0) is 30.8 Å². The van der Waals surface area contributed by atoms with Gasteiger partial charge in [-0.25, -0.2) is 23.2 Å². The number of esters is 1. The lowest BCUT2D eigenvalue weighted by Crippen LogP contribution is -2.42. The SMILES string of the molecule is O=C(OCc1cc(=O)n2ccsc2n1)C1=NN(C2CCS(=O)(=O)C2)C(=O)CC1. The molecule has 2 aromatic rings. The Bertz CT molecular complexity index is 1150. The van der Waals surface area contributed by atoms with Crippen molar-refractivity contribution in [1.29, 1.82) is 0 Å². The first kappa shape index (κ1) is 18.7. The Hall–Kier alpha value is -2.60. The fourth-order valence-corrected chi connectivity index (χ4v) is 5.59. The molecule has 28 heavy (non-hydrogen) atoms. The van der Waals surface area contributed by atoms with Crippen LogP contribution in [0.5, 0.6) is 0 Å². The molecule has 12 heteroatoms. The van der Waals surface area contributed by atoms with Crippen molar-refractivity contribution in [2.45, 2.75) is 31.9 Å². The summed E-state index contributed by atoms with van der Waals surface area (Å²) >= 11 is 1.29. The maximum atomic E-state index is 12.3. The minimum atomic E-state index is -3.19. The lowest BCUT2D eigenvalue weighted by atomic mass is 10.1. The molecule has 2 aromatic heterocycles. The van der Waals surface area contributed by atoms with Crippen LogP contribution < -0.4 is 5.56 Å². The van der Waals surface area contributed by atoms with Gasteiger partial charge in [-0.3, -0.25) is 14.0 Å². The molecule has 1 saturated heterocycles. The number of fused-ring (bicyclic) bond motifs is 1. The van der Waals surface area contributed by atoms with Gasteiger partial charge < -0.3 is 4.74 Å². The Labute approximate surface area is 163 Å². The van der Waals surface area contributed by atoms with Gasteiger partial charge in [0.1, 0.15) is 12.3 Å². The van der Waals surface area contributed by atoms with Gasteiger partial charge in [0.15, 0.2) is 14.8 Å². The third-order valence-corrected chi connectivity index (χ3v) is 7.06. The molecule has 1 unspecified atom stereocenters. The molecule has 0 aliphatic carbocycles. The van der Waals surface area contributed by atoms with E-state index < -0.39 is 21.8 Å². The average molecular weight is 424 g/mol. The van der Waals surface area contributed by atoms with Crippen LogP contribution in [0.4, 0.5) is 0 Å². The maximum absolute atomic E-state index is 12.3. The quantitative estimate of drug-likeness (QED) is 0.630. The number of sulfone groups is 1. The predicted octanol–water partition coefficient (Wildman–Crippen LogP) is -0.0353. The highest BCUT2D eigenvalue weighted by atomic mass is 32.2. The topological polar surface area (TPSA) is 127 Å². The molecule has 0 bridgehead atoms. The summed E-state index contributed by atoms with van der Waals surface area (Å²) in [7, 11) is -3.19. The van der Waals surface area contributed by atoms with Gasteiger partial charge in [0, 0.05) is 30.5 Å². The highest BCUT2D eigenvalue weighted by Crippen LogP contribution is 2.22. The van der Waals surface area contributed by atoms with Crippen molar-refractivity contribution in [2.75, 3.05) is 11.5 Å². The Morgan fingerprint density at radius 1 is 1.32 bits per heavy atom. The molecule has 2 aliphatic heterocycles. The standard InChI is InChI=1S/C16H16N4O6S2/c21-13-2-1-12(18-20(13)11-3-6-28(24,25)9-11)15(23)26-8-10-7-14(22)19-4-5-27-16(19)17-10/h4-5,7,11H,1-3,6,8-9H2. The number of ether oxygens (including phenoxy) is 1. The number of thiazole rings is 1. The number of hydrogen-bond acceptors (Lipinski definition) is 9. The van der Waals surface area contributed by atoms with Crippen LogP contribution in [-0.4, -0.2) is 57.9 Å². The van der Waals surface area contributed by atoms with Crippen molar-refractivity contribution in [1.82, 2.24) is 14.4 Å². The second kappa shape index (κ2) is 7.09. The smallest absolute Gasteiger partial charge is 0.354 e. The third-order valence-electron chi connectivity index (χ3n) is 4.56. The van der Waals surface area contributed by atoms with E-state index in [1.54, 1.807) is 11.6 Å². The van der Waals surface area contributed by atoms with Crippen LogP contribution >= 0.6 is 11.3 Å². The van der Waals surface area contributed by atoms with Crippen molar-refractivity contribution in [3.05, 3.63) is 33.7 Å². The molecule has 0 aromatic carbocycles. The molecule has 2 aliphatic rings. The molecule has 1 atom stereocenters. The number of amides is 1. The number of carbonyl (C=O) groups is 2. The largest absolute Gasteiger partial charge is 0.455 e. The zero-order valence-corrected chi connectivity index (χ0v) is 16.2. The molecule has 10 nitrogen and oxygen atoms in total. The van der Waals surface area contributed by atoms with Crippen LogP contribution in [0.2, 0.25) is 0 Å². The van der Waals surface area contributed by atoms with Crippen LogP contribution in [0, 0.1) is 0 Å². The first-order chi connectivity index (χ1) is 13.3. The highest BCUT2D eigenvalue weighted by molar-refractivity contribution is 7.91. The average Bonchev–Trinajstić information content (AvgIpc) is 3.26. The summed E-state index contributed by atoms with van der Waals surface area (Å²) in [5.41, 5.74) is 0.0939. The Balaban J connectivity index is 1.46. The van der Waals surface area contributed by atoms with Crippen molar-refractivity contribution in [2.24, 2.45) is 5.10 Å². The van der Waals surface area contributed by atoms with Crippen molar-refractivity contribution in [3.8, 4) is 0 Å². The van der Waals surface area contributed by atoms with E-state index in [9.17, 15) is 22.8 Å². The molecule has 0 radical (unpaired) electrons. The van der Waals surface area contributed by atoms with Crippen LogP contribution in [0.1, 0.15) is 25.0 Å². The van der Waals surface area contributed by atoms with Gasteiger partial charge in [-0.1, -0.05) is 0 Å². The minimum absolute atomic E-state index is 0.00313. The van der Waals surface area contributed by atoms with E-state index in [0.29, 0.717) is 17.1 Å². The van der Waals surface area contributed by atoms with E-state index in [1.807, 2.05) is 0 Å². The van der Waals surface area contributed by atoms with Gasteiger partial charge in [0.2, 0.25) is 5.91 Å². The summed E-state index contributed by atoms with van der Waals surface area (Å²) < 4.78 is 29.9. The van der Waals surface area contributed by atoms with E-state index >= 15 is 0 Å². The van der Waals surface area contributed by atoms with Gasteiger partial charge in [0.05, 0.1) is 23.2 Å². The Morgan fingerprint density at radius 2 is 2.14 bits per heavy atom. The van der Waals surface area contributed by atoms with Gasteiger partial charge in [0.25, 0.3) is 5.56 Å². The summed E-state index contributed by atoms with van der Waals surface area (Å²) in [5.74, 6) is -1.18. The number of carbonyl (C=O) groups excluding carboxylic acids is 2. The second-order valence-electron chi connectivity index (χ2n) is 6.56. The first-order valence-electron chi connectivity index (χ1n) is 8.55. The van der Waals surface area contributed by atoms with Crippen LogP contribution in [0.25, 0.3) is 4.96 Å². The molecule has 148 valence electrons. The summed E-state index contributed by atoms with van der Waals surface area (Å²) in [4.78, 5) is 41.2. The molecule has 0 spiro atoms. The Kier molecular flexibility index (Phi) is 4.75. The number of hydrogen-bond donors (Lipinski definition) is 0. The fraction of sp³-hybridized carbons (Fsp3) is 0.438. The van der Waals surface area contributed by atoms with Crippen molar-refractivity contribution in [3.63, 3.8) is 0 Å². The highest BCUT2D eigenvalue weighted by Gasteiger charge is 2.37. The molecule has 4 heterocycles. The summed E-state index contributed by atoms with van der Waals surface area (Å²) in [6.45, 7) is -0.201. The van der Waals surface area contributed by atoms with E-state index in [2.05, 4.69) is 10.1 Å². The van der Waals surface area contributed by atoms with Gasteiger partial charge >= 0.3 is 5.97 Å². The van der Waals surface area contributed by atoms with Crippen LogP contribution in [0.15, 0.2) is 27.5 Å². The van der Waals surface area contributed by atoms with E-state index in [4.69, 9.17) is 4.74 Å². The number of nitrogens with zero attached hydrogens (tertiary/aromatic N) is 4. The van der Waals surface area contributed by atoms with Gasteiger partial charge in [-0.05, 0) is 6.42 Å². The van der Waals surface area contributed by atoms with Gasteiger partial charge in [-0.15, -0.1) is 11.3 Å². The molecular weight excluding hydrogens is 408 g/mol. The first-order valence-corrected chi connectivity index (χ1v) is 11.3. The lowest BCUT2D eigenvalue weighted by Gasteiger charge is -2.27. The minimum Gasteiger partial charge on any atom is -0.455 e. The molecule has 0 saturated carbocycles. The lowest BCUT2D eigenvalue weighted by molar-refractivity contribution is -0.138. The summed E-state index contributed by atoms with van der Waals surface area (Å²) in [5, 5.41) is 6.89. The number of aromatic nitrogens is 2. The zero-order chi connectivity index (χ0) is 19.9. The van der Waals surface area contributed by atoms with E-state index in [1.165, 1.54) is 21.8 Å². The molecule has 1 fully saturated rings. The van der Waals surface area contributed by atoms with Crippen molar-refractivity contribution >= 4 is 43.7 Å². The monoisotopic (exact) mass is 424 g/mol. The summed E-state index contributed by atoms with van der Waals surface area (Å²) in [6, 6.07) is 0.734. The van der Waals surface area contributed by atoms with Crippen molar-refractivity contribution < 1.29 is 22.7 Å². The zero-order valence-electron chi connectivity index (χ0n) is 14.6.